The van der Waals surface area contributed by atoms with E-state index < -0.39 is 17.7 Å². The van der Waals surface area contributed by atoms with E-state index in [0.717, 1.165) is 37.1 Å². The predicted molar refractivity (Wildman–Crippen MR) is 96.4 cm³/mol. The van der Waals surface area contributed by atoms with Crippen molar-refractivity contribution in [2.45, 2.75) is 25.7 Å². The summed E-state index contributed by atoms with van der Waals surface area (Å²) in [6.07, 6.45) is 7.06. The second-order valence-corrected chi connectivity index (χ2v) is 6.50. The number of benzene rings is 1. The van der Waals surface area contributed by atoms with Crippen molar-refractivity contribution >= 4 is 17.4 Å². The molecule has 1 aromatic carbocycles. The number of halogens is 2. The molecule has 0 spiro atoms. The first-order valence-corrected chi connectivity index (χ1v) is 8.78. The van der Waals surface area contributed by atoms with Gasteiger partial charge in [0.2, 0.25) is 0 Å². The maximum Gasteiger partial charge on any atom is 0.319 e. The molecule has 1 aliphatic rings. The molecule has 0 radical (unpaired) electrons. The molecular weight excluding hydrogens is 340 g/mol. The van der Waals surface area contributed by atoms with Gasteiger partial charge in [0, 0.05) is 45.0 Å². The summed E-state index contributed by atoms with van der Waals surface area (Å²) < 4.78 is 30.5. The first kappa shape index (κ1) is 18.2. The predicted octanol–water partition coefficient (Wildman–Crippen LogP) is 3.05. The second-order valence-electron chi connectivity index (χ2n) is 6.50. The van der Waals surface area contributed by atoms with Crippen LogP contribution in [0, 0.1) is 11.6 Å². The van der Waals surface area contributed by atoms with Crippen molar-refractivity contribution in [2.75, 3.05) is 29.9 Å². The number of aryl methyl sites for hydroxylation is 1. The van der Waals surface area contributed by atoms with Crippen molar-refractivity contribution in [2.24, 2.45) is 7.05 Å². The molecule has 8 heteroatoms. The van der Waals surface area contributed by atoms with Crippen LogP contribution in [0.4, 0.5) is 25.0 Å². The Balaban J connectivity index is 1.56. The smallest absolute Gasteiger partial charge is 0.319 e. The van der Waals surface area contributed by atoms with Crippen LogP contribution in [0.15, 0.2) is 24.7 Å². The van der Waals surface area contributed by atoms with Crippen LogP contribution in [0.1, 0.15) is 25.0 Å². The lowest BCUT2D eigenvalue weighted by atomic mass is 10.1. The Hall–Kier alpha value is -2.64. The molecular formula is C18H23F2N5O. The summed E-state index contributed by atoms with van der Waals surface area (Å²) in [5.74, 6) is -1.31. The highest BCUT2D eigenvalue weighted by Gasteiger charge is 2.20. The summed E-state index contributed by atoms with van der Waals surface area (Å²) >= 11 is 0. The molecule has 1 saturated heterocycles. The van der Waals surface area contributed by atoms with Crippen LogP contribution in [0.5, 0.6) is 0 Å². The molecule has 0 aliphatic carbocycles. The molecule has 26 heavy (non-hydrogen) atoms. The maximum atomic E-state index is 14.4. The van der Waals surface area contributed by atoms with Crippen LogP contribution in [0.2, 0.25) is 0 Å². The maximum absolute atomic E-state index is 14.4. The van der Waals surface area contributed by atoms with E-state index in [9.17, 15) is 13.6 Å². The molecule has 0 saturated carbocycles. The fourth-order valence-electron chi connectivity index (χ4n) is 3.13. The number of hydrogen-bond acceptors (Lipinski definition) is 3. The van der Waals surface area contributed by atoms with Crippen LogP contribution in [-0.2, 0) is 13.5 Å². The molecule has 0 atom stereocenters. The van der Waals surface area contributed by atoms with E-state index in [0.29, 0.717) is 26.1 Å². The molecule has 0 unspecified atom stereocenters. The standard InChI is InChI=1S/C18H23F2N5O/c1-24-11-13(22-12-24)5-6-21-18(26)23-14-9-15(19)17(16(20)10-14)25-7-3-2-4-8-25/h9-12H,2-8H2,1H3,(H2,21,23,26). The Morgan fingerprint density at radius 1 is 1.19 bits per heavy atom. The monoisotopic (exact) mass is 363 g/mol. The molecule has 1 aliphatic heterocycles. The van der Waals surface area contributed by atoms with Crippen LogP contribution >= 0.6 is 0 Å². The van der Waals surface area contributed by atoms with E-state index >= 15 is 0 Å². The number of anilines is 2. The number of nitrogens with one attached hydrogen (secondary N) is 2. The Bertz CT molecular complexity index is 748. The number of nitrogens with zero attached hydrogens (tertiary/aromatic N) is 3. The largest absolute Gasteiger partial charge is 0.367 e. The lowest BCUT2D eigenvalue weighted by Crippen LogP contribution is -2.32. The highest BCUT2D eigenvalue weighted by molar-refractivity contribution is 5.89. The van der Waals surface area contributed by atoms with Crippen molar-refractivity contribution in [3.63, 3.8) is 0 Å². The first-order valence-electron chi connectivity index (χ1n) is 8.78. The summed E-state index contributed by atoms with van der Waals surface area (Å²) in [7, 11) is 1.87. The molecule has 2 amide bonds. The average Bonchev–Trinajstić information content (AvgIpc) is 3.00. The highest BCUT2D eigenvalue weighted by atomic mass is 19.1. The SMILES string of the molecule is Cn1cnc(CCNC(=O)Nc2cc(F)c(N3CCCCC3)c(F)c2)c1. The van der Waals surface area contributed by atoms with E-state index in [1.54, 1.807) is 11.2 Å². The summed E-state index contributed by atoms with van der Waals surface area (Å²) in [6, 6.07) is 1.81. The molecule has 3 rings (SSSR count). The lowest BCUT2D eigenvalue weighted by Gasteiger charge is -2.29. The lowest BCUT2D eigenvalue weighted by molar-refractivity contribution is 0.252. The van der Waals surface area contributed by atoms with Gasteiger partial charge in [-0.15, -0.1) is 0 Å². The van der Waals surface area contributed by atoms with Crippen LogP contribution in [0.25, 0.3) is 0 Å². The van der Waals surface area contributed by atoms with Crippen LogP contribution in [-0.4, -0.2) is 35.2 Å². The number of hydrogen-bond donors (Lipinski definition) is 2. The molecule has 6 nitrogen and oxygen atoms in total. The Morgan fingerprint density at radius 2 is 1.88 bits per heavy atom. The molecule has 1 fully saturated rings. The van der Waals surface area contributed by atoms with E-state index in [-0.39, 0.29) is 11.4 Å². The van der Waals surface area contributed by atoms with Gasteiger partial charge >= 0.3 is 6.03 Å². The number of imidazole rings is 1. The third-order valence-corrected chi connectivity index (χ3v) is 4.37. The normalized spacial score (nSPS) is 14.3. The van der Waals surface area contributed by atoms with E-state index in [1.165, 1.54) is 0 Å². The second kappa shape index (κ2) is 8.16. The zero-order chi connectivity index (χ0) is 18.5. The van der Waals surface area contributed by atoms with E-state index in [4.69, 9.17) is 0 Å². The number of amides is 2. The number of aromatic nitrogens is 2. The van der Waals surface area contributed by atoms with Gasteiger partial charge in [-0.1, -0.05) is 0 Å². The van der Waals surface area contributed by atoms with Gasteiger partial charge in [-0.2, -0.15) is 0 Å². The molecule has 140 valence electrons. The van der Waals surface area contributed by atoms with E-state index in [2.05, 4.69) is 15.6 Å². The number of carbonyl (C=O) groups is 1. The minimum absolute atomic E-state index is 0.00851. The Kier molecular flexibility index (Phi) is 5.70. The number of piperidine rings is 1. The summed E-state index contributed by atoms with van der Waals surface area (Å²) in [6.45, 7) is 1.67. The van der Waals surface area contributed by atoms with Gasteiger partial charge < -0.3 is 20.1 Å². The fraction of sp³-hybridized carbons (Fsp3) is 0.444. The first-order chi connectivity index (χ1) is 12.5. The fourth-order valence-corrected chi connectivity index (χ4v) is 3.13. The zero-order valence-electron chi connectivity index (χ0n) is 14.8. The van der Waals surface area contributed by atoms with E-state index in [1.807, 2.05) is 17.8 Å². The van der Waals surface area contributed by atoms with Gasteiger partial charge in [0.05, 0.1) is 12.0 Å². The molecule has 1 aromatic heterocycles. The van der Waals surface area contributed by atoms with Crippen molar-refractivity contribution in [3.05, 3.63) is 42.0 Å². The third-order valence-electron chi connectivity index (χ3n) is 4.37. The zero-order valence-corrected chi connectivity index (χ0v) is 14.8. The Labute approximate surface area is 151 Å². The van der Waals surface area contributed by atoms with Gasteiger partial charge in [0.15, 0.2) is 11.6 Å². The Morgan fingerprint density at radius 3 is 2.50 bits per heavy atom. The van der Waals surface area contributed by atoms with Crippen molar-refractivity contribution in [3.8, 4) is 0 Å². The van der Waals surface area contributed by atoms with Gasteiger partial charge in [0.1, 0.15) is 5.69 Å². The number of carbonyl (C=O) groups excluding carboxylic acids is 1. The van der Waals surface area contributed by atoms with Gasteiger partial charge in [0.25, 0.3) is 0 Å². The van der Waals surface area contributed by atoms with Gasteiger partial charge in [-0.05, 0) is 31.4 Å². The average molecular weight is 363 g/mol. The van der Waals surface area contributed by atoms with Gasteiger partial charge in [-0.25, -0.2) is 18.6 Å². The van der Waals surface area contributed by atoms with Crippen LogP contribution in [0.3, 0.4) is 0 Å². The molecule has 2 N–H and O–H groups in total. The van der Waals surface area contributed by atoms with Crippen molar-refractivity contribution in [1.82, 2.24) is 14.9 Å². The number of urea groups is 1. The topological polar surface area (TPSA) is 62.2 Å². The van der Waals surface area contributed by atoms with Crippen LogP contribution < -0.4 is 15.5 Å². The minimum atomic E-state index is -0.657. The summed E-state index contributed by atoms with van der Waals surface area (Å²) in [5, 5.41) is 5.12. The third kappa shape index (κ3) is 4.50. The van der Waals surface area contributed by atoms with Crippen molar-refractivity contribution < 1.29 is 13.6 Å². The molecule has 2 heterocycles. The highest BCUT2D eigenvalue weighted by Crippen LogP contribution is 2.29. The molecule has 0 bridgehead atoms. The summed E-state index contributed by atoms with van der Waals surface area (Å²) in [4.78, 5) is 17.8. The van der Waals surface area contributed by atoms with Gasteiger partial charge in [-0.3, -0.25) is 0 Å². The quantitative estimate of drug-likeness (QED) is 0.858. The minimum Gasteiger partial charge on any atom is -0.367 e. The summed E-state index contributed by atoms with van der Waals surface area (Å²) in [5.41, 5.74) is 0.942. The van der Waals surface area contributed by atoms with Crippen molar-refractivity contribution in [1.29, 1.82) is 0 Å². The number of rotatable bonds is 5. The molecule has 2 aromatic rings.